The maximum atomic E-state index is 14.0. The molecule has 2 aromatic rings. The van der Waals surface area contributed by atoms with Crippen LogP contribution in [-0.4, -0.2) is 18.2 Å². The molecule has 1 aliphatic rings. The molecule has 1 atom stereocenters. The highest BCUT2D eigenvalue weighted by atomic mass is 19.1. The summed E-state index contributed by atoms with van der Waals surface area (Å²) < 4.78 is 14.0. The van der Waals surface area contributed by atoms with Crippen LogP contribution < -0.4 is 4.90 Å². The number of rotatable bonds is 2. The van der Waals surface area contributed by atoms with Crippen molar-refractivity contribution >= 4 is 5.69 Å². The summed E-state index contributed by atoms with van der Waals surface area (Å²) in [5.74, 6) is -0.329. The Hall–Kier alpha value is -1.87. The monoisotopic (exact) mass is 285 g/mol. The molecule has 0 aromatic heterocycles. The van der Waals surface area contributed by atoms with Crippen LogP contribution in [0.2, 0.25) is 0 Å². The summed E-state index contributed by atoms with van der Waals surface area (Å²) >= 11 is 0. The fourth-order valence-corrected chi connectivity index (χ4v) is 3.12. The fourth-order valence-electron chi connectivity index (χ4n) is 3.12. The maximum Gasteiger partial charge on any atom is 0.131 e. The lowest BCUT2D eigenvalue weighted by molar-refractivity contribution is 0.194. The molecule has 2 nitrogen and oxygen atoms in total. The number of hydrogen-bond donors (Lipinski definition) is 1. The van der Waals surface area contributed by atoms with E-state index in [2.05, 4.69) is 29.2 Å². The third-order valence-corrected chi connectivity index (χ3v) is 4.21. The lowest BCUT2D eigenvalue weighted by atomic mass is 10.0. The van der Waals surface area contributed by atoms with Gasteiger partial charge in [0.15, 0.2) is 0 Å². The molecule has 0 saturated carbocycles. The van der Waals surface area contributed by atoms with Gasteiger partial charge in [0.2, 0.25) is 0 Å². The molecule has 0 radical (unpaired) electrons. The molecular weight excluding hydrogens is 265 g/mol. The van der Waals surface area contributed by atoms with E-state index in [0.717, 1.165) is 31.6 Å². The quantitative estimate of drug-likeness (QED) is 0.913. The van der Waals surface area contributed by atoms with E-state index in [0.29, 0.717) is 5.56 Å². The normalized spacial score (nSPS) is 16.2. The average Bonchev–Trinajstić information content (AvgIpc) is 2.69. The van der Waals surface area contributed by atoms with Gasteiger partial charge in [0, 0.05) is 24.3 Å². The largest absolute Gasteiger partial charge is 0.389 e. The van der Waals surface area contributed by atoms with Crippen LogP contribution in [0.25, 0.3) is 0 Å². The zero-order chi connectivity index (χ0) is 14.8. The predicted octanol–water partition coefficient (Wildman–Crippen LogP) is 3.48. The topological polar surface area (TPSA) is 23.5 Å². The molecule has 2 aromatic carbocycles. The number of aliphatic hydroxyl groups is 1. The first-order valence-corrected chi connectivity index (χ1v) is 7.45. The van der Waals surface area contributed by atoms with Crippen molar-refractivity contribution in [2.45, 2.75) is 25.9 Å². The Morgan fingerprint density at radius 3 is 2.19 bits per heavy atom. The van der Waals surface area contributed by atoms with Gasteiger partial charge in [-0.2, -0.15) is 0 Å². The van der Waals surface area contributed by atoms with Crippen molar-refractivity contribution in [3.05, 3.63) is 65.0 Å². The SMILES string of the molecule is C[C@@H](O)c1c(F)cccc1N1CCc2ccccc2CC1. The van der Waals surface area contributed by atoms with Gasteiger partial charge < -0.3 is 10.0 Å². The van der Waals surface area contributed by atoms with Crippen molar-refractivity contribution in [1.82, 2.24) is 0 Å². The lowest BCUT2D eigenvalue weighted by Crippen LogP contribution is -2.27. The molecule has 1 heterocycles. The summed E-state index contributed by atoms with van der Waals surface area (Å²) in [7, 11) is 0. The van der Waals surface area contributed by atoms with Crippen LogP contribution in [0, 0.1) is 5.82 Å². The molecule has 0 aliphatic carbocycles. The first-order chi connectivity index (χ1) is 10.2. The van der Waals surface area contributed by atoms with Crippen molar-refractivity contribution in [3.63, 3.8) is 0 Å². The van der Waals surface area contributed by atoms with Crippen LogP contribution in [0.4, 0.5) is 10.1 Å². The van der Waals surface area contributed by atoms with Crippen LogP contribution >= 0.6 is 0 Å². The molecule has 1 aliphatic heterocycles. The highest BCUT2D eigenvalue weighted by Crippen LogP contribution is 2.30. The molecular formula is C18H20FNO. The minimum Gasteiger partial charge on any atom is -0.389 e. The first-order valence-electron chi connectivity index (χ1n) is 7.45. The van der Waals surface area contributed by atoms with Gasteiger partial charge in [-0.15, -0.1) is 0 Å². The molecule has 1 N–H and O–H groups in total. The Kier molecular flexibility index (Phi) is 3.93. The summed E-state index contributed by atoms with van der Waals surface area (Å²) in [5.41, 5.74) is 3.96. The molecule has 3 heteroatoms. The van der Waals surface area contributed by atoms with Gasteiger partial charge in [-0.1, -0.05) is 30.3 Å². The lowest BCUT2D eigenvalue weighted by Gasteiger charge is -2.26. The van der Waals surface area contributed by atoms with Crippen LogP contribution in [0.5, 0.6) is 0 Å². The summed E-state index contributed by atoms with van der Waals surface area (Å²) in [6.45, 7) is 3.31. The Morgan fingerprint density at radius 2 is 1.62 bits per heavy atom. The Morgan fingerprint density at radius 1 is 1.00 bits per heavy atom. The summed E-state index contributed by atoms with van der Waals surface area (Å²) in [6.07, 6.45) is 1.10. The van der Waals surface area contributed by atoms with Crippen molar-refractivity contribution in [2.75, 3.05) is 18.0 Å². The standard InChI is InChI=1S/C18H20FNO/c1-13(21)18-16(19)7-4-8-17(18)20-11-9-14-5-2-3-6-15(14)10-12-20/h2-8,13,21H,9-12H2,1H3/t13-/m1/s1. The Balaban J connectivity index is 1.92. The number of halogens is 1. The Labute approximate surface area is 124 Å². The van der Waals surface area contributed by atoms with E-state index in [1.54, 1.807) is 13.0 Å². The van der Waals surface area contributed by atoms with E-state index >= 15 is 0 Å². The van der Waals surface area contributed by atoms with E-state index < -0.39 is 6.10 Å². The number of benzene rings is 2. The molecule has 110 valence electrons. The molecule has 3 rings (SSSR count). The Bertz CT molecular complexity index is 612. The van der Waals surface area contributed by atoms with Crippen molar-refractivity contribution in [3.8, 4) is 0 Å². The number of aliphatic hydroxyl groups excluding tert-OH is 1. The summed E-state index contributed by atoms with van der Waals surface area (Å²) in [5, 5.41) is 9.89. The van der Waals surface area contributed by atoms with Gasteiger partial charge in [0.25, 0.3) is 0 Å². The van der Waals surface area contributed by atoms with Crippen molar-refractivity contribution in [2.24, 2.45) is 0 Å². The zero-order valence-corrected chi connectivity index (χ0v) is 12.2. The fraction of sp³-hybridized carbons (Fsp3) is 0.333. The molecule has 0 amide bonds. The first kappa shape index (κ1) is 14.1. The second-order valence-corrected chi connectivity index (χ2v) is 5.60. The van der Waals surface area contributed by atoms with Crippen LogP contribution in [0.1, 0.15) is 29.7 Å². The van der Waals surface area contributed by atoms with E-state index in [-0.39, 0.29) is 5.82 Å². The van der Waals surface area contributed by atoms with Gasteiger partial charge in [-0.05, 0) is 43.0 Å². The van der Waals surface area contributed by atoms with E-state index in [4.69, 9.17) is 0 Å². The number of anilines is 1. The minimum atomic E-state index is -0.799. The minimum absolute atomic E-state index is 0.329. The number of fused-ring (bicyclic) bond motifs is 1. The molecule has 0 fully saturated rings. The predicted molar refractivity (Wildman–Crippen MR) is 83.1 cm³/mol. The van der Waals surface area contributed by atoms with Gasteiger partial charge in [-0.25, -0.2) is 4.39 Å². The van der Waals surface area contributed by atoms with Gasteiger partial charge >= 0.3 is 0 Å². The maximum absolute atomic E-state index is 14.0. The van der Waals surface area contributed by atoms with Gasteiger partial charge in [0.1, 0.15) is 5.82 Å². The van der Waals surface area contributed by atoms with Gasteiger partial charge in [0.05, 0.1) is 6.10 Å². The van der Waals surface area contributed by atoms with Crippen LogP contribution in [0.3, 0.4) is 0 Å². The number of nitrogens with zero attached hydrogens (tertiary/aromatic N) is 1. The smallest absolute Gasteiger partial charge is 0.131 e. The van der Waals surface area contributed by atoms with Gasteiger partial charge in [-0.3, -0.25) is 0 Å². The summed E-state index contributed by atoms with van der Waals surface area (Å²) in [6, 6.07) is 13.5. The van der Waals surface area contributed by atoms with Crippen molar-refractivity contribution in [1.29, 1.82) is 0 Å². The molecule has 0 bridgehead atoms. The van der Waals surface area contributed by atoms with Crippen LogP contribution in [0.15, 0.2) is 42.5 Å². The second kappa shape index (κ2) is 5.86. The van der Waals surface area contributed by atoms with Crippen molar-refractivity contribution < 1.29 is 9.50 Å². The number of hydrogen-bond acceptors (Lipinski definition) is 2. The zero-order valence-electron chi connectivity index (χ0n) is 12.2. The molecule has 21 heavy (non-hydrogen) atoms. The third kappa shape index (κ3) is 2.79. The summed E-state index contributed by atoms with van der Waals surface area (Å²) in [4.78, 5) is 2.19. The highest BCUT2D eigenvalue weighted by Gasteiger charge is 2.20. The van der Waals surface area contributed by atoms with E-state index in [1.807, 2.05) is 6.07 Å². The van der Waals surface area contributed by atoms with E-state index in [1.165, 1.54) is 17.2 Å². The molecule has 0 saturated heterocycles. The molecule has 0 spiro atoms. The molecule has 0 unspecified atom stereocenters. The third-order valence-electron chi connectivity index (χ3n) is 4.21. The average molecular weight is 285 g/mol. The van der Waals surface area contributed by atoms with E-state index in [9.17, 15) is 9.50 Å². The van der Waals surface area contributed by atoms with Crippen LogP contribution in [-0.2, 0) is 12.8 Å². The second-order valence-electron chi connectivity index (χ2n) is 5.60. The highest BCUT2D eigenvalue weighted by molar-refractivity contribution is 5.56.